The molecule has 140 valence electrons. The van der Waals surface area contributed by atoms with E-state index in [0.717, 1.165) is 29.7 Å². The highest BCUT2D eigenvalue weighted by Gasteiger charge is 2.12. The molecule has 0 heterocycles. The van der Waals surface area contributed by atoms with E-state index in [1.54, 1.807) is 18.2 Å². The zero-order valence-corrected chi connectivity index (χ0v) is 16.4. The summed E-state index contributed by atoms with van der Waals surface area (Å²) in [5.74, 6) is 0.563. The summed E-state index contributed by atoms with van der Waals surface area (Å²) in [7, 11) is 0. The Bertz CT molecular complexity index is 746. The van der Waals surface area contributed by atoms with Gasteiger partial charge in [0.15, 0.2) is 0 Å². The molecule has 0 spiro atoms. The predicted molar refractivity (Wildman–Crippen MR) is 106 cm³/mol. The van der Waals surface area contributed by atoms with Crippen molar-refractivity contribution in [1.29, 1.82) is 0 Å². The van der Waals surface area contributed by atoms with Gasteiger partial charge in [-0.25, -0.2) is 0 Å². The molecule has 0 saturated heterocycles. The maximum absolute atomic E-state index is 12.6. The molecule has 0 saturated carbocycles. The predicted octanol–water partition coefficient (Wildman–Crippen LogP) is 5.62. The van der Waals surface area contributed by atoms with Crippen molar-refractivity contribution >= 4 is 23.2 Å². The standard InChI is InChI=1S/C21H26ClNO3/c1-4-6-11-25-14-17-12-16(8-10-20(17)26-5-2)21(24)23-19-13-18(22)9-7-15(19)3/h7-10,12-13H,4-6,11,14H2,1-3H3,(H,23,24). The second-order valence-electron chi connectivity index (χ2n) is 6.08. The quantitative estimate of drug-likeness (QED) is 0.579. The van der Waals surface area contributed by atoms with Crippen LogP contribution in [-0.2, 0) is 11.3 Å². The molecular weight excluding hydrogens is 350 g/mol. The van der Waals surface area contributed by atoms with Crippen LogP contribution in [0.2, 0.25) is 5.02 Å². The summed E-state index contributed by atoms with van der Waals surface area (Å²) in [5, 5.41) is 3.50. The Balaban J connectivity index is 2.16. The van der Waals surface area contributed by atoms with E-state index in [-0.39, 0.29) is 5.91 Å². The lowest BCUT2D eigenvalue weighted by molar-refractivity contribution is 0.102. The Kier molecular flexibility index (Phi) is 7.95. The van der Waals surface area contributed by atoms with Crippen molar-refractivity contribution in [3.05, 3.63) is 58.1 Å². The molecule has 2 rings (SSSR count). The third kappa shape index (κ3) is 5.75. The number of ether oxygens (including phenoxy) is 2. The van der Waals surface area contributed by atoms with Crippen LogP contribution < -0.4 is 10.1 Å². The fraction of sp³-hybridized carbons (Fsp3) is 0.381. The lowest BCUT2D eigenvalue weighted by atomic mass is 10.1. The van der Waals surface area contributed by atoms with Gasteiger partial charge in [0, 0.05) is 28.4 Å². The SMILES string of the molecule is CCCCOCc1cc(C(=O)Nc2cc(Cl)ccc2C)ccc1OCC. The van der Waals surface area contributed by atoms with Crippen molar-refractivity contribution in [1.82, 2.24) is 0 Å². The summed E-state index contributed by atoms with van der Waals surface area (Å²) >= 11 is 6.03. The molecule has 0 aromatic heterocycles. The Morgan fingerprint density at radius 3 is 2.69 bits per heavy atom. The van der Waals surface area contributed by atoms with Gasteiger partial charge in [-0.15, -0.1) is 0 Å². The normalized spacial score (nSPS) is 10.6. The third-order valence-electron chi connectivity index (χ3n) is 3.97. The molecule has 0 atom stereocenters. The van der Waals surface area contributed by atoms with Crippen LogP contribution in [-0.4, -0.2) is 19.1 Å². The molecule has 1 N–H and O–H groups in total. The molecule has 2 aromatic rings. The first-order valence-corrected chi connectivity index (χ1v) is 9.34. The van der Waals surface area contributed by atoms with Gasteiger partial charge in [-0.3, -0.25) is 4.79 Å². The van der Waals surface area contributed by atoms with Crippen LogP contribution in [0.1, 0.15) is 48.2 Å². The lowest BCUT2D eigenvalue weighted by Gasteiger charge is -2.13. The van der Waals surface area contributed by atoms with Crippen LogP contribution in [0.5, 0.6) is 5.75 Å². The number of amides is 1. The first kappa shape index (κ1) is 20.3. The molecule has 0 bridgehead atoms. The highest BCUT2D eigenvalue weighted by molar-refractivity contribution is 6.31. The largest absolute Gasteiger partial charge is 0.494 e. The van der Waals surface area contributed by atoms with E-state index in [2.05, 4.69) is 12.2 Å². The summed E-state index contributed by atoms with van der Waals surface area (Å²) in [6.45, 7) is 7.67. The van der Waals surface area contributed by atoms with Crippen LogP contribution >= 0.6 is 11.6 Å². The molecule has 1 amide bonds. The number of hydrogen-bond acceptors (Lipinski definition) is 3. The highest BCUT2D eigenvalue weighted by Crippen LogP contribution is 2.24. The molecule has 0 unspecified atom stereocenters. The molecule has 0 radical (unpaired) electrons. The van der Waals surface area contributed by atoms with Crippen LogP contribution in [0.25, 0.3) is 0 Å². The maximum atomic E-state index is 12.6. The summed E-state index contributed by atoms with van der Waals surface area (Å²) in [4.78, 5) is 12.6. The number of aryl methyl sites for hydroxylation is 1. The number of carbonyl (C=O) groups is 1. The number of hydrogen-bond donors (Lipinski definition) is 1. The van der Waals surface area contributed by atoms with Crippen molar-refractivity contribution in [2.24, 2.45) is 0 Å². The molecule has 26 heavy (non-hydrogen) atoms. The zero-order chi connectivity index (χ0) is 18.9. The van der Waals surface area contributed by atoms with Gasteiger partial charge in [0.05, 0.1) is 13.2 Å². The molecular formula is C21H26ClNO3. The van der Waals surface area contributed by atoms with E-state index in [9.17, 15) is 4.79 Å². The molecule has 2 aromatic carbocycles. The minimum absolute atomic E-state index is 0.187. The number of nitrogens with one attached hydrogen (secondary N) is 1. The summed E-state index contributed by atoms with van der Waals surface area (Å²) < 4.78 is 11.4. The number of carbonyl (C=O) groups excluding carboxylic acids is 1. The number of anilines is 1. The van der Waals surface area contributed by atoms with Crippen molar-refractivity contribution in [2.45, 2.75) is 40.2 Å². The summed E-state index contributed by atoms with van der Waals surface area (Å²) in [6.07, 6.45) is 2.10. The minimum atomic E-state index is -0.187. The van der Waals surface area contributed by atoms with Gasteiger partial charge >= 0.3 is 0 Å². The average Bonchev–Trinajstić information content (AvgIpc) is 2.63. The fourth-order valence-electron chi connectivity index (χ4n) is 2.48. The zero-order valence-electron chi connectivity index (χ0n) is 15.6. The first-order valence-electron chi connectivity index (χ1n) is 8.96. The molecule has 4 nitrogen and oxygen atoms in total. The van der Waals surface area contributed by atoms with E-state index in [0.29, 0.717) is 36.1 Å². The molecule has 5 heteroatoms. The second kappa shape index (κ2) is 10.2. The van der Waals surface area contributed by atoms with Gasteiger partial charge in [-0.05, 0) is 56.2 Å². The number of halogens is 1. The van der Waals surface area contributed by atoms with Crippen LogP contribution in [0.4, 0.5) is 5.69 Å². The molecule has 0 aliphatic heterocycles. The van der Waals surface area contributed by atoms with Crippen LogP contribution in [0, 0.1) is 6.92 Å². The Labute approximate surface area is 160 Å². The van der Waals surface area contributed by atoms with Gasteiger partial charge in [-0.2, -0.15) is 0 Å². The lowest BCUT2D eigenvalue weighted by Crippen LogP contribution is -2.13. The van der Waals surface area contributed by atoms with Crippen molar-refractivity contribution in [3.8, 4) is 5.75 Å². The van der Waals surface area contributed by atoms with Gasteiger partial charge in [0.25, 0.3) is 5.91 Å². The van der Waals surface area contributed by atoms with Gasteiger partial charge in [0.2, 0.25) is 0 Å². The topological polar surface area (TPSA) is 47.6 Å². The maximum Gasteiger partial charge on any atom is 0.255 e. The highest BCUT2D eigenvalue weighted by atomic mass is 35.5. The van der Waals surface area contributed by atoms with Crippen molar-refractivity contribution < 1.29 is 14.3 Å². The third-order valence-corrected chi connectivity index (χ3v) is 4.21. The van der Waals surface area contributed by atoms with Crippen molar-refractivity contribution in [3.63, 3.8) is 0 Å². The van der Waals surface area contributed by atoms with E-state index in [1.165, 1.54) is 0 Å². The first-order chi connectivity index (χ1) is 12.5. The Morgan fingerprint density at radius 1 is 1.15 bits per heavy atom. The van der Waals surface area contributed by atoms with Crippen LogP contribution in [0.15, 0.2) is 36.4 Å². The summed E-state index contributed by atoms with van der Waals surface area (Å²) in [5.41, 5.74) is 3.09. The van der Waals surface area contributed by atoms with E-state index >= 15 is 0 Å². The molecule has 0 aliphatic carbocycles. The average molecular weight is 376 g/mol. The monoisotopic (exact) mass is 375 g/mol. The Hall–Kier alpha value is -2.04. The fourth-order valence-corrected chi connectivity index (χ4v) is 2.65. The molecule has 0 fully saturated rings. The molecule has 0 aliphatic rings. The van der Waals surface area contributed by atoms with E-state index in [1.807, 2.05) is 32.0 Å². The number of unbranched alkanes of at least 4 members (excludes halogenated alkanes) is 1. The number of rotatable bonds is 9. The Morgan fingerprint density at radius 2 is 1.96 bits per heavy atom. The second-order valence-corrected chi connectivity index (χ2v) is 6.51. The number of benzene rings is 2. The van der Waals surface area contributed by atoms with E-state index in [4.69, 9.17) is 21.1 Å². The van der Waals surface area contributed by atoms with Gasteiger partial charge in [0.1, 0.15) is 5.75 Å². The van der Waals surface area contributed by atoms with Crippen LogP contribution in [0.3, 0.4) is 0 Å². The van der Waals surface area contributed by atoms with Gasteiger partial charge < -0.3 is 14.8 Å². The van der Waals surface area contributed by atoms with Gasteiger partial charge in [-0.1, -0.05) is 31.0 Å². The minimum Gasteiger partial charge on any atom is -0.494 e. The smallest absolute Gasteiger partial charge is 0.255 e. The van der Waals surface area contributed by atoms with Crippen molar-refractivity contribution in [2.75, 3.05) is 18.5 Å². The summed E-state index contributed by atoms with van der Waals surface area (Å²) in [6, 6.07) is 10.8. The van der Waals surface area contributed by atoms with E-state index < -0.39 is 0 Å².